The number of phenolic OH excluding ortho intramolecular Hbond substituents is 1. The molecule has 2 N–H and O–H groups in total. The third-order valence-corrected chi connectivity index (χ3v) is 6.08. The maximum Gasteiger partial charge on any atom is 0.341 e. The van der Waals surface area contributed by atoms with Crippen LogP contribution in [-0.4, -0.2) is 37.5 Å². The fourth-order valence-corrected chi connectivity index (χ4v) is 4.00. The van der Waals surface area contributed by atoms with Crippen molar-refractivity contribution in [1.82, 2.24) is 0 Å². The first kappa shape index (κ1) is 22.2. The number of aromatic hydroxyl groups is 1. The van der Waals surface area contributed by atoms with Crippen LogP contribution in [0.5, 0.6) is 23.0 Å². The lowest BCUT2D eigenvalue weighted by atomic mass is 9.99. The summed E-state index contributed by atoms with van der Waals surface area (Å²) in [6.07, 6.45) is 1.16. The molecule has 0 unspecified atom stereocenters. The number of carbonyl (C=O) groups is 1. The molecule has 4 aromatic rings. The quantitative estimate of drug-likeness (QED) is 0.401. The second-order valence-electron chi connectivity index (χ2n) is 7.40. The van der Waals surface area contributed by atoms with Crippen LogP contribution in [0.3, 0.4) is 0 Å². The fraction of sp³-hybridized carbons (Fsp3) is 0.0800. The summed E-state index contributed by atoms with van der Waals surface area (Å²) in [6, 6.07) is 21.7. The fourth-order valence-electron chi connectivity index (χ4n) is 3.37. The molecule has 0 aliphatic heterocycles. The number of carboxylic acids is 1. The molecular formula is C25H20O7S. The van der Waals surface area contributed by atoms with E-state index in [2.05, 4.69) is 0 Å². The summed E-state index contributed by atoms with van der Waals surface area (Å²) in [4.78, 5) is 10.9. The Morgan fingerprint density at radius 3 is 2.18 bits per heavy atom. The molecular weight excluding hydrogens is 444 g/mol. The first-order valence-corrected chi connectivity index (χ1v) is 11.8. The van der Waals surface area contributed by atoms with Gasteiger partial charge in [-0.1, -0.05) is 18.2 Å². The molecule has 0 spiro atoms. The van der Waals surface area contributed by atoms with Gasteiger partial charge in [-0.3, -0.25) is 0 Å². The topological polar surface area (TPSA) is 110 Å². The van der Waals surface area contributed by atoms with Crippen LogP contribution in [-0.2, 0) is 14.6 Å². The highest BCUT2D eigenvalue weighted by Crippen LogP contribution is 2.41. The third kappa shape index (κ3) is 5.07. The predicted octanol–water partition coefficient (Wildman–Crippen LogP) is 4.87. The molecule has 0 fully saturated rings. The number of aliphatic carboxylic acids is 1. The molecule has 0 radical (unpaired) electrons. The van der Waals surface area contributed by atoms with E-state index in [1.807, 2.05) is 12.1 Å². The van der Waals surface area contributed by atoms with E-state index in [4.69, 9.17) is 14.6 Å². The Morgan fingerprint density at radius 1 is 0.879 bits per heavy atom. The predicted molar refractivity (Wildman–Crippen MR) is 124 cm³/mol. The first-order chi connectivity index (χ1) is 15.7. The van der Waals surface area contributed by atoms with Gasteiger partial charge in [0.05, 0.1) is 4.90 Å². The minimum atomic E-state index is -3.32. The number of phenols is 1. The van der Waals surface area contributed by atoms with Crippen molar-refractivity contribution < 1.29 is 32.9 Å². The van der Waals surface area contributed by atoms with Gasteiger partial charge in [-0.25, -0.2) is 13.2 Å². The Bertz CT molecular complexity index is 1420. The van der Waals surface area contributed by atoms with Crippen molar-refractivity contribution in [2.45, 2.75) is 4.90 Å². The summed E-state index contributed by atoms with van der Waals surface area (Å²) in [6.45, 7) is -0.444. The van der Waals surface area contributed by atoms with E-state index in [1.54, 1.807) is 66.7 Å². The van der Waals surface area contributed by atoms with Crippen molar-refractivity contribution in [2.24, 2.45) is 0 Å². The van der Waals surface area contributed by atoms with Crippen LogP contribution in [0, 0.1) is 0 Å². The van der Waals surface area contributed by atoms with Crippen LogP contribution >= 0.6 is 0 Å². The number of hydrogen-bond donors (Lipinski definition) is 2. The largest absolute Gasteiger partial charge is 0.508 e. The number of hydrogen-bond acceptors (Lipinski definition) is 6. The SMILES string of the molecule is CS(=O)(=O)c1ccc(-c2ccc3cc(O)ccc3c2Oc2ccc(OCC(=O)O)cc2)cc1. The van der Waals surface area contributed by atoms with Crippen LogP contribution in [0.25, 0.3) is 21.9 Å². The minimum Gasteiger partial charge on any atom is -0.508 e. The van der Waals surface area contributed by atoms with Crippen LogP contribution in [0.15, 0.2) is 83.8 Å². The molecule has 4 rings (SSSR count). The van der Waals surface area contributed by atoms with E-state index < -0.39 is 22.4 Å². The number of rotatable bonds is 7. The Labute approximate surface area is 190 Å². The zero-order valence-corrected chi connectivity index (χ0v) is 18.4. The van der Waals surface area contributed by atoms with E-state index in [1.165, 1.54) is 0 Å². The Balaban J connectivity index is 1.76. The highest BCUT2D eigenvalue weighted by Gasteiger charge is 2.15. The van der Waals surface area contributed by atoms with E-state index in [-0.39, 0.29) is 10.6 Å². The molecule has 0 aliphatic carbocycles. The van der Waals surface area contributed by atoms with E-state index >= 15 is 0 Å². The van der Waals surface area contributed by atoms with Gasteiger partial charge in [-0.05, 0) is 71.6 Å². The van der Waals surface area contributed by atoms with Gasteiger partial charge < -0.3 is 19.7 Å². The van der Waals surface area contributed by atoms with Crippen LogP contribution in [0.2, 0.25) is 0 Å². The maximum absolute atomic E-state index is 11.8. The van der Waals surface area contributed by atoms with Gasteiger partial charge in [0.25, 0.3) is 0 Å². The van der Waals surface area contributed by atoms with Crippen molar-refractivity contribution in [3.8, 4) is 34.1 Å². The summed E-state index contributed by atoms with van der Waals surface area (Å²) < 4.78 is 35.0. The lowest BCUT2D eigenvalue weighted by Crippen LogP contribution is -2.09. The molecule has 0 bridgehead atoms. The molecule has 0 atom stereocenters. The normalized spacial score (nSPS) is 11.3. The molecule has 0 saturated carbocycles. The van der Waals surface area contributed by atoms with Gasteiger partial charge >= 0.3 is 5.97 Å². The standard InChI is InChI=1S/C25H20O7S/c1-33(29,30)21-10-2-16(3-11-21)22-12-4-17-14-18(26)5-13-23(17)25(22)32-20-8-6-19(7-9-20)31-15-24(27)28/h2-14,26H,15H2,1H3,(H,27,28). The van der Waals surface area contributed by atoms with Crippen LogP contribution in [0.1, 0.15) is 0 Å². The number of ether oxygens (including phenoxy) is 2. The molecule has 7 nitrogen and oxygen atoms in total. The lowest BCUT2D eigenvalue weighted by molar-refractivity contribution is -0.139. The number of fused-ring (bicyclic) bond motifs is 1. The molecule has 168 valence electrons. The van der Waals surface area contributed by atoms with Gasteiger partial charge in [0.15, 0.2) is 16.4 Å². The lowest BCUT2D eigenvalue weighted by Gasteiger charge is -2.15. The minimum absolute atomic E-state index is 0.124. The molecule has 0 heterocycles. The van der Waals surface area contributed by atoms with Gasteiger partial charge in [-0.2, -0.15) is 0 Å². The van der Waals surface area contributed by atoms with Gasteiger partial charge in [0, 0.05) is 17.2 Å². The summed E-state index contributed by atoms with van der Waals surface area (Å²) in [5, 5.41) is 20.1. The van der Waals surface area contributed by atoms with E-state index in [0.717, 1.165) is 28.2 Å². The molecule has 0 aromatic heterocycles. The molecule has 0 aliphatic rings. The highest BCUT2D eigenvalue weighted by molar-refractivity contribution is 7.90. The molecule has 0 saturated heterocycles. The smallest absolute Gasteiger partial charge is 0.341 e. The van der Waals surface area contributed by atoms with Crippen LogP contribution < -0.4 is 9.47 Å². The van der Waals surface area contributed by atoms with E-state index in [0.29, 0.717) is 17.2 Å². The van der Waals surface area contributed by atoms with Crippen molar-refractivity contribution in [2.75, 3.05) is 12.9 Å². The first-order valence-electron chi connectivity index (χ1n) is 9.89. The monoisotopic (exact) mass is 464 g/mol. The number of sulfone groups is 1. The summed E-state index contributed by atoms with van der Waals surface area (Å²) in [5.41, 5.74) is 1.49. The molecule has 33 heavy (non-hydrogen) atoms. The van der Waals surface area contributed by atoms with Crippen molar-refractivity contribution in [1.29, 1.82) is 0 Å². The van der Waals surface area contributed by atoms with Crippen LogP contribution in [0.4, 0.5) is 0 Å². The average molecular weight is 464 g/mol. The molecule has 8 heteroatoms. The van der Waals surface area contributed by atoms with Gasteiger partial charge in [0.2, 0.25) is 0 Å². The average Bonchev–Trinajstić information content (AvgIpc) is 2.78. The zero-order chi connectivity index (χ0) is 23.6. The Kier molecular flexibility index (Phi) is 5.93. The van der Waals surface area contributed by atoms with E-state index in [9.17, 15) is 18.3 Å². The van der Waals surface area contributed by atoms with Gasteiger partial charge in [0.1, 0.15) is 23.0 Å². The molecule has 0 amide bonds. The summed E-state index contributed by atoms with van der Waals surface area (Å²) in [5.74, 6) is 0.467. The zero-order valence-electron chi connectivity index (χ0n) is 17.6. The number of benzene rings is 4. The summed E-state index contributed by atoms with van der Waals surface area (Å²) >= 11 is 0. The highest BCUT2D eigenvalue weighted by atomic mass is 32.2. The van der Waals surface area contributed by atoms with Crippen molar-refractivity contribution >= 4 is 26.6 Å². The van der Waals surface area contributed by atoms with Gasteiger partial charge in [-0.15, -0.1) is 0 Å². The Hall–Kier alpha value is -4.04. The van der Waals surface area contributed by atoms with Crippen molar-refractivity contribution in [3.63, 3.8) is 0 Å². The maximum atomic E-state index is 11.8. The second kappa shape index (κ2) is 8.84. The summed E-state index contributed by atoms with van der Waals surface area (Å²) in [7, 11) is -3.32. The van der Waals surface area contributed by atoms with Crippen molar-refractivity contribution in [3.05, 3.63) is 78.9 Å². The second-order valence-corrected chi connectivity index (χ2v) is 9.42. The molecule has 4 aromatic carbocycles. The number of carboxylic acid groups (broad SMARTS) is 1. The Morgan fingerprint density at radius 2 is 1.55 bits per heavy atom. The third-order valence-electron chi connectivity index (χ3n) is 4.95.